The van der Waals surface area contributed by atoms with E-state index in [4.69, 9.17) is 9.47 Å². The molecule has 1 unspecified atom stereocenters. The van der Waals surface area contributed by atoms with Gasteiger partial charge in [-0.25, -0.2) is 0 Å². The number of aliphatic imine (C=N–C) groups is 1. The Morgan fingerprint density at radius 3 is 2.46 bits per heavy atom. The van der Waals surface area contributed by atoms with Crippen molar-refractivity contribution >= 4 is 29.9 Å². The average Bonchev–Trinajstić information content (AvgIpc) is 2.70. The first kappa shape index (κ1) is 26.8. The second kappa shape index (κ2) is 15.7. The van der Waals surface area contributed by atoms with Gasteiger partial charge in [-0.15, -0.1) is 24.0 Å². The standard InChI is InChI=1S/C21H38N4O2.HI/c1-7-25(8-2)15-9-10-17(3)24-21(22-4)23-14-13-18-16-19(26-5)11-12-20(18)27-6;/h11-12,16-17H,7-10,13-15H2,1-6H3,(H2,22,23,24);1H. The van der Waals surface area contributed by atoms with E-state index in [1.807, 2.05) is 25.2 Å². The topological polar surface area (TPSA) is 58.1 Å². The smallest absolute Gasteiger partial charge is 0.191 e. The number of benzene rings is 1. The van der Waals surface area contributed by atoms with Crippen molar-refractivity contribution < 1.29 is 9.47 Å². The van der Waals surface area contributed by atoms with E-state index in [-0.39, 0.29) is 24.0 Å². The Hall–Kier alpha value is -1.22. The van der Waals surface area contributed by atoms with Gasteiger partial charge in [0.05, 0.1) is 14.2 Å². The largest absolute Gasteiger partial charge is 0.497 e. The number of guanidine groups is 1. The van der Waals surface area contributed by atoms with E-state index >= 15 is 0 Å². The highest BCUT2D eigenvalue weighted by atomic mass is 127. The minimum atomic E-state index is 0. The Kier molecular flexibility index (Phi) is 15.0. The van der Waals surface area contributed by atoms with Crippen LogP contribution in [-0.4, -0.2) is 64.3 Å². The molecule has 0 bridgehead atoms. The van der Waals surface area contributed by atoms with E-state index in [1.165, 1.54) is 6.42 Å². The lowest BCUT2D eigenvalue weighted by Crippen LogP contribution is -2.43. The molecule has 7 heteroatoms. The Labute approximate surface area is 188 Å². The van der Waals surface area contributed by atoms with Gasteiger partial charge >= 0.3 is 0 Å². The second-order valence-corrected chi connectivity index (χ2v) is 6.64. The molecule has 6 nitrogen and oxygen atoms in total. The fourth-order valence-corrected chi connectivity index (χ4v) is 3.05. The summed E-state index contributed by atoms with van der Waals surface area (Å²) in [7, 11) is 5.18. The summed E-state index contributed by atoms with van der Waals surface area (Å²) in [6.07, 6.45) is 3.15. The van der Waals surface area contributed by atoms with Crippen LogP contribution in [0.2, 0.25) is 0 Å². The number of rotatable bonds is 12. The number of nitrogens with zero attached hydrogens (tertiary/aromatic N) is 2. The van der Waals surface area contributed by atoms with Gasteiger partial charge < -0.3 is 25.0 Å². The third-order valence-electron chi connectivity index (χ3n) is 4.79. The number of nitrogens with one attached hydrogen (secondary N) is 2. The van der Waals surface area contributed by atoms with Crippen LogP contribution in [0.1, 0.15) is 39.2 Å². The minimum absolute atomic E-state index is 0. The van der Waals surface area contributed by atoms with Gasteiger partial charge in [-0.1, -0.05) is 13.8 Å². The normalized spacial score (nSPS) is 12.3. The molecule has 1 rings (SSSR count). The Morgan fingerprint density at radius 1 is 1.18 bits per heavy atom. The van der Waals surface area contributed by atoms with Crippen LogP contribution in [0.25, 0.3) is 0 Å². The van der Waals surface area contributed by atoms with Crippen molar-refractivity contribution in [3.05, 3.63) is 23.8 Å². The summed E-state index contributed by atoms with van der Waals surface area (Å²) in [4.78, 5) is 6.80. The summed E-state index contributed by atoms with van der Waals surface area (Å²) >= 11 is 0. The monoisotopic (exact) mass is 506 g/mol. The zero-order chi connectivity index (χ0) is 20.1. The Morgan fingerprint density at radius 2 is 1.89 bits per heavy atom. The van der Waals surface area contributed by atoms with Gasteiger partial charge in [0, 0.05) is 19.6 Å². The third-order valence-corrected chi connectivity index (χ3v) is 4.79. The van der Waals surface area contributed by atoms with Gasteiger partial charge in [-0.2, -0.15) is 0 Å². The van der Waals surface area contributed by atoms with Crippen LogP contribution in [0.5, 0.6) is 11.5 Å². The summed E-state index contributed by atoms with van der Waals surface area (Å²) in [6, 6.07) is 6.26. The van der Waals surface area contributed by atoms with Crippen molar-refractivity contribution in [2.45, 2.75) is 46.1 Å². The summed E-state index contributed by atoms with van der Waals surface area (Å²) in [6.45, 7) is 10.8. The van der Waals surface area contributed by atoms with Gasteiger partial charge in [0.2, 0.25) is 0 Å². The first-order chi connectivity index (χ1) is 13.1. The average molecular weight is 506 g/mol. The number of halogens is 1. The molecular formula is C21H39IN4O2. The lowest BCUT2D eigenvalue weighted by atomic mass is 10.1. The van der Waals surface area contributed by atoms with Gasteiger partial charge in [-0.05, 0) is 69.6 Å². The van der Waals surface area contributed by atoms with Crippen molar-refractivity contribution in [3.8, 4) is 11.5 Å². The number of hydrogen-bond acceptors (Lipinski definition) is 4. The SMILES string of the molecule is CCN(CC)CCCC(C)NC(=NC)NCCc1cc(OC)ccc1OC.I. The molecule has 0 saturated carbocycles. The molecule has 0 spiro atoms. The van der Waals surface area contributed by atoms with E-state index in [1.54, 1.807) is 14.2 Å². The van der Waals surface area contributed by atoms with Crippen molar-refractivity contribution in [2.24, 2.45) is 4.99 Å². The van der Waals surface area contributed by atoms with E-state index in [0.717, 1.165) is 62.0 Å². The molecular weight excluding hydrogens is 467 g/mol. The van der Waals surface area contributed by atoms with Crippen molar-refractivity contribution in [3.63, 3.8) is 0 Å². The van der Waals surface area contributed by atoms with E-state index < -0.39 is 0 Å². The fourth-order valence-electron chi connectivity index (χ4n) is 3.05. The summed E-state index contributed by atoms with van der Waals surface area (Å²) in [5.74, 6) is 2.56. The Balaban J connectivity index is 0.00000729. The van der Waals surface area contributed by atoms with Crippen LogP contribution in [0.4, 0.5) is 0 Å². The molecule has 1 atom stereocenters. The van der Waals surface area contributed by atoms with Crippen molar-refractivity contribution in [1.82, 2.24) is 15.5 Å². The van der Waals surface area contributed by atoms with E-state index in [2.05, 4.69) is 41.3 Å². The number of ether oxygens (including phenoxy) is 2. The highest BCUT2D eigenvalue weighted by Gasteiger charge is 2.08. The van der Waals surface area contributed by atoms with Gasteiger partial charge in [0.1, 0.15) is 11.5 Å². The van der Waals surface area contributed by atoms with Crippen LogP contribution in [0.3, 0.4) is 0 Å². The van der Waals surface area contributed by atoms with Crippen molar-refractivity contribution in [1.29, 1.82) is 0 Å². The van der Waals surface area contributed by atoms with Gasteiger partial charge in [0.15, 0.2) is 5.96 Å². The predicted molar refractivity (Wildman–Crippen MR) is 130 cm³/mol. The van der Waals surface area contributed by atoms with Crippen LogP contribution in [0, 0.1) is 0 Å². The lowest BCUT2D eigenvalue weighted by Gasteiger charge is -2.21. The number of hydrogen-bond donors (Lipinski definition) is 2. The summed E-state index contributed by atoms with van der Waals surface area (Å²) in [5, 5.41) is 6.87. The van der Waals surface area contributed by atoms with Crippen molar-refractivity contribution in [2.75, 3.05) is 47.4 Å². The molecule has 0 aliphatic rings. The van der Waals surface area contributed by atoms with Gasteiger partial charge in [0.25, 0.3) is 0 Å². The van der Waals surface area contributed by atoms with Crippen LogP contribution in [0.15, 0.2) is 23.2 Å². The highest BCUT2D eigenvalue weighted by molar-refractivity contribution is 14.0. The van der Waals surface area contributed by atoms with E-state index in [9.17, 15) is 0 Å². The Bertz CT molecular complexity index is 565. The molecule has 0 aromatic heterocycles. The third kappa shape index (κ3) is 9.82. The fraction of sp³-hybridized carbons (Fsp3) is 0.667. The minimum Gasteiger partial charge on any atom is -0.497 e. The predicted octanol–water partition coefficient (Wildman–Crippen LogP) is 3.54. The summed E-state index contributed by atoms with van der Waals surface area (Å²) < 4.78 is 10.8. The second-order valence-electron chi connectivity index (χ2n) is 6.64. The molecule has 0 heterocycles. The molecule has 162 valence electrons. The lowest BCUT2D eigenvalue weighted by molar-refractivity contribution is 0.292. The first-order valence-corrected chi connectivity index (χ1v) is 9.98. The van der Waals surface area contributed by atoms with Crippen LogP contribution in [-0.2, 0) is 6.42 Å². The highest BCUT2D eigenvalue weighted by Crippen LogP contribution is 2.24. The molecule has 1 aromatic rings. The molecule has 0 amide bonds. The molecule has 0 aliphatic heterocycles. The molecule has 1 aromatic carbocycles. The van der Waals surface area contributed by atoms with Crippen LogP contribution >= 0.6 is 24.0 Å². The first-order valence-electron chi connectivity index (χ1n) is 9.98. The summed E-state index contributed by atoms with van der Waals surface area (Å²) in [5.41, 5.74) is 1.12. The van der Waals surface area contributed by atoms with Crippen LogP contribution < -0.4 is 20.1 Å². The van der Waals surface area contributed by atoms with Gasteiger partial charge in [-0.3, -0.25) is 4.99 Å². The molecule has 0 radical (unpaired) electrons. The maximum absolute atomic E-state index is 5.44. The molecule has 2 N–H and O–H groups in total. The molecule has 0 fully saturated rings. The van der Waals surface area contributed by atoms with E-state index in [0.29, 0.717) is 6.04 Å². The number of methoxy groups -OCH3 is 2. The quantitative estimate of drug-likeness (QED) is 0.258. The molecule has 28 heavy (non-hydrogen) atoms. The molecule has 0 aliphatic carbocycles. The zero-order valence-electron chi connectivity index (χ0n) is 18.4. The maximum Gasteiger partial charge on any atom is 0.191 e. The molecule has 0 saturated heterocycles. The zero-order valence-corrected chi connectivity index (χ0v) is 20.7. The maximum atomic E-state index is 5.44.